The minimum atomic E-state index is -0.893. The van der Waals surface area contributed by atoms with Crippen molar-refractivity contribution in [2.75, 3.05) is 18.9 Å². The number of halogens is 1. The van der Waals surface area contributed by atoms with Gasteiger partial charge in [-0.15, -0.1) is 5.11 Å². The fraction of sp³-hybridized carbons (Fsp3) is 0.450. The van der Waals surface area contributed by atoms with E-state index in [1.807, 2.05) is 20.0 Å². The second kappa shape index (κ2) is 11.2. The van der Waals surface area contributed by atoms with Crippen molar-refractivity contribution in [3.63, 3.8) is 0 Å². The van der Waals surface area contributed by atoms with E-state index >= 15 is 0 Å². The van der Waals surface area contributed by atoms with Gasteiger partial charge in [-0.2, -0.15) is 5.11 Å². The lowest BCUT2D eigenvalue weighted by Gasteiger charge is -2.14. The molecule has 0 saturated carbocycles. The van der Waals surface area contributed by atoms with Gasteiger partial charge in [0, 0.05) is 36.8 Å². The van der Waals surface area contributed by atoms with Crippen molar-refractivity contribution in [1.82, 2.24) is 5.32 Å². The Hall–Kier alpha value is -2.50. The summed E-state index contributed by atoms with van der Waals surface area (Å²) in [6.45, 7) is 9.94. The maximum absolute atomic E-state index is 12.5. The van der Waals surface area contributed by atoms with E-state index in [4.69, 9.17) is 0 Å². The molecule has 1 aromatic carbocycles. The molecule has 0 radical (unpaired) electrons. The van der Waals surface area contributed by atoms with Gasteiger partial charge in [0.1, 0.15) is 11.9 Å². The van der Waals surface area contributed by atoms with Crippen LogP contribution < -0.4 is 10.6 Å². The van der Waals surface area contributed by atoms with Crippen LogP contribution in [0.3, 0.4) is 0 Å². The number of carbonyl (C=O) groups excluding carboxylic acids is 1. The number of anilines is 1. The Balaban J connectivity index is 0.000000276. The summed E-state index contributed by atoms with van der Waals surface area (Å²) in [4.78, 5) is 10.8. The first kappa shape index (κ1) is 21.5. The monoisotopic (exact) mass is 360 g/mol. The number of hydrogen-bond donors (Lipinski definition) is 2. The van der Waals surface area contributed by atoms with E-state index in [1.54, 1.807) is 13.1 Å². The van der Waals surface area contributed by atoms with Crippen molar-refractivity contribution in [2.45, 2.75) is 46.2 Å². The fourth-order valence-electron chi connectivity index (χ4n) is 2.20. The number of alkyl halides is 1. The predicted octanol–water partition coefficient (Wildman–Crippen LogP) is 5.01. The van der Waals surface area contributed by atoms with Gasteiger partial charge in [0.2, 0.25) is 5.91 Å². The van der Waals surface area contributed by atoms with E-state index in [0.717, 1.165) is 28.9 Å². The normalized spacial score (nSPS) is 12.9. The first-order valence-electron chi connectivity index (χ1n) is 8.92. The highest BCUT2D eigenvalue weighted by atomic mass is 19.1. The maximum atomic E-state index is 12.5. The molecule has 2 N–H and O–H groups in total. The lowest BCUT2D eigenvalue weighted by atomic mass is 10.0. The van der Waals surface area contributed by atoms with Gasteiger partial charge in [-0.1, -0.05) is 32.1 Å². The number of hydrogen-bond acceptors (Lipinski definition) is 4. The summed E-state index contributed by atoms with van der Waals surface area (Å²) in [5.41, 5.74) is 5.13. The van der Waals surface area contributed by atoms with Crippen LogP contribution in [-0.4, -0.2) is 25.7 Å². The number of azo groups is 1. The molecule has 1 heterocycles. The van der Waals surface area contributed by atoms with Crippen molar-refractivity contribution in [2.24, 2.45) is 10.2 Å². The number of allylic oxidation sites excluding steroid dienone is 1. The average Bonchev–Trinajstić information content (AvgIpc) is 2.58. The third-order valence-electron chi connectivity index (χ3n) is 3.86. The Bertz CT molecular complexity index is 682. The molecular formula is C20H29FN4O. The number of benzene rings is 1. The molecule has 1 amide bonds. The minimum absolute atomic E-state index is 0.0522. The lowest BCUT2D eigenvalue weighted by molar-refractivity contribution is -0.121. The van der Waals surface area contributed by atoms with Gasteiger partial charge in [-0.05, 0) is 31.9 Å². The van der Waals surface area contributed by atoms with E-state index in [2.05, 4.69) is 46.5 Å². The molecule has 0 spiro atoms. The highest BCUT2D eigenvalue weighted by molar-refractivity contribution is 5.84. The summed E-state index contributed by atoms with van der Waals surface area (Å²) in [6.07, 6.45) is 2.61. The van der Waals surface area contributed by atoms with Crippen LogP contribution in [-0.2, 0) is 4.79 Å². The zero-order valence-corrected chi connectivity index (χ0v) is 16.1. The van der Waals surface area contributed by atoms with Crippen LogP contribution in [0.5, 0.6) is 0 Å². The molecule has 2 rings (SSSR count). The molecule has 1 aliphatic heterocycles. The van der Waals surface area contributed by atoms with E-state index in [0.29, 0.717) is 12.8 Å². The van der Waals surface area contributed by atoms with Crippen LogP contribution >= 0.6 is 0 Å². The van der Waals surface area contributed by atoms with Crippen LogP contribution in [0.25, 0.3) is 5.57 Å². The minimum Gasteiger partial charge on any atom is -0.388 e. The molecule has 1 aromatic rings. The molecule has 6 heteroatoms. The number of carbonyl (C=O) groups is 1. The number of nitrogens with one attached hydrogen (secondary N) is 2. The van der Waals surface area contributed by atoms with Crippen LogP contribution in [0.15, 0.2) is 46.9 Å². The highest BCUT2D eigenvalue weighted by Crippen LogP contribution is 2.32. The van der Waals surface area contributed by atoms with Crippen LogP contribution in [0.2, 0.25) is 0 Å². The molecule has 0 aromatic heterocycles. The quantitative estimate of drug-likeness (QED) is 0.684. The smallest absolute Gasteiger partial charge is 0.220 e. The van der Waals surface area contributed by atoms with Gasteiger partial charge >= 0.3 is 0 Å². The van der Waals surface area contributed by atoms with Gasteiger partial charge in [-0.25, -0.2) is 4.39 Å². The Morgan fingerprint density at radius 2 is 2.04 bits per heavy atom. The van der Waals surface area contributed by atoms with Crippen molar-refractivity contribution in [3.8, 4) is 0 Å². The van der Waals surface area contributed by atoms with E-state index in [1.165, 1.54) is 5.56 Å². The summed E-state index contributed by atoms with van der Waals surface area (Å²) >= 11 is 0. The lowest BCUT2D eigenvalue weighted by Crippen LogP contribution is -2.29. The zero-order valence-electron chi connectivity index (χ0n) is 16.1. The molecule has 5 nitrogen and oxygen atoms in total. The van der Waals surface area contributed by atoms with Gasteiger partial charge in [0.25, 0.3) is 0 Å². The van der Waals surface area contributed by atoms with Crippen LogP contribution in [0.1, 0.15) is 44.2 Å². The van der Waals surface area contributed by atoms with Crippen LogP contribution in [0.4, 0.5) is 10.1 Å². The molecule has 1 atom stereocenters. The first-order chi connectivity index (χ1) is 12.4. The largest absolute Gasteiger partial charge is 0.388 e. The maximum Gasteiger partial charge on any atom is 0.220 e. The molecule has 0 bridgehead atoms. The Kier molecular flexibility index (Phi) is 9.26. The SMILES string of the molecule is C=C(C1=CN=N1)c1cc(C)ccc1NC.CCCC(=O)NCC(F)CC. The van der Waals surface area contributed by atoms with Crippen molar-refractivity contribution < 1.29 is 9.18 Å². The Morgan fingerprint density at radius 1 is 1.35 bits per heavy atom. The van der Waals surface area contributed by atoms with Crippen molar-refractivity contribution in [1.29, 1.82) is 0 Å². The van der Waals surface area contributed by atoms with E-state index in [9.17, 15) is 9.18 Å². The number of rotatable bonds is 8. The summed E-state index contributed by atoms with van der Waals surface area (Å²) in [5, 5.41) is 13.3. The fourth-order valence-corrected chi connectivity index (χ4v) is 2.20. The topological polar surface area (TPSA) is 65.8 Å². The predicted molar refractivity (Wildman–Crippen MR) is 106 cm³/mol. The third kappa shape index (κ3) is 6.78. The summed E-state index contributed by atoms with van der Waals surface area (Å²) in [5.74, 6) is -0.0522. The van der Waals surface area contributed by atoms with Gasteiger partial charge < -0.3 is 10.6 Å². The van der Waals surface area contributed by atoms with Gasteiger partial charge in [0.05, 0.1) is 6.20 Å². The molecule has 0 aliphatic carbocycles. The number of aryl methyl sites for hydroxylation is 1. The summed E-state index contributed by atoms with van der Waals surface area (Å²) < 4.78 is 12.5. The Morgan fingerprint density at radius 3 is 2.54 bits per heavy atom. The summed E-state index contributed by atoms with van der Waals surface area (Å²) in [6, 6.07) is 6.22. The molecule has 142 valence electrons. The number of nitrogens with zero attached hydrogens (tertiary/aromatic N) is 2. The van der Waals surface area contributed by atoms with Crippen molar-refractivity contribution >= 4 is 17.2 Å². The van der Waals surface area contributed by atoms with Crippen LogP contribution in [0, 0.1) is 6.92 Å². The molecule has 1 aliphatic rings. The molecule has 0 saturated heterocycles. The summed E-state index contributed by atoms with van der Waals surface area (Å²) in [7, 11) is 1.90. The standard InChI is InChI=1S/C12H13N3.C8H16FNO/c1-8-4-5-11(13-3)10(6-8)9(2)12-7-14-15-12;1-3-5-8(11)10-6-7(9)4-2/h4-7,13H,2H2,1,3H3;7H,3-6H2,1-2H3,(H,10,11). The van der Waals surface area contributed by atoms with Gasteiger partial charge in [-0.3, -0.25) is 4.79 Å². The molecule has 26 heavy (non-hydrogen) atoms. The zero-order chi connectivity index (χ0) is 19.5. The van der Waals surface area contributed by atoms with E-state index in [-0.39, 0.29) is 12.5 Å². The number of amides is 1. The third-order valence-corrected chi connectivity index (χ3v) is 3.86. The molecule has 0 fully saturated rings. The molecule has 1 unspecified atom stereocenters. The second-order valence-corrected chi connectivity index (χ2v) is 6.07. The Labute approximate surface area is 155 Å². The first-order valence-corrected chi connectivity index (χ1v) is 8.92. The highest BCUT2D eigenvalue weighted by Gasteiger charge is 2.12. The van der Waals surface area contributed by atoms with Gasteiger partial charge in [0.15, 0.2) is 0 Å². The average molecular weight is 360 g/mol. The molecular weight excluding hydrogens is 331 g/mol. The second-order valence-electron chi connectivity index (χ2n) is 6.07. The van der Waals surface area contributed by atoms with E-state index < -0.39 is 6.17 Å². The van der Waals surface area contributed by atoms with Crippen molar-refractivity contribution in [3.05, 3.63) is 47.8 Å².